The molecule has 0 aromatic heterocycles. The lowest BCUT2D eigenvalue weighted by atomic mass is 9.93. The van der Waals surface area contributed by atoms with Gasteiger partial charge in [0.05, 0.1) is 19.8 Å². The van der Waals surface area contributed by atoms with Crippen molar-refractivity contribution in [1.82, 2.24) is 0 Å². The lowest BCUT2D eigenvalue weighted by molar-refractivity contribution is -0.135. The third-order valence-corrected chi connectivity index (χ3v) is 6.98. The minimum Gasteiger partial charge on any atom is -0.493 e. The summed E-state index contributed by atoms with van der Waals surface area (Å²) in [4.78, 5) is 85.8. The van der Waals surface area contributed by atoms with E-state index in [2.05, 4.69) is 0 Å². The van der Waals surface area contributed by atoms with Crippen molar-refractivity contribution in [2.45, 2.75) is 60.2 Å². The predicted molar refractivity (Wildman–Crippen MR) is 177 cm³/mol. The summed E-state index contributed by atoms with van der Waals surface area (Å²) in [7, 11) is 2.56. The van der Waals surface area contributed by atoms with Crippen molar-refractivity contribution in [3.8, 4) is 51.7 Å². The van der Waals surface area contributed by atoms with Crippen molar-refractivity contribution in [1.29, 1.82) is 0 Å². The first-order valence-electron chi connectivity index (χ1n) is 15.6. The lowest BCUT2D eigenvalue weighted by Gasteiger charge is -2.34. The van der Waals surface area contributed by atoms with E-state index in [0.29, 0.717) is 0 Å². The van der Waals surface area contributed by atoms with E-state index in [9.17, 15) is 33.6 Å². The molecule has 3 aromatic rings. The van der Waals surface area contributed by atoms with Gasteiger partial charge in [-0.25, -0.2) is 4.79 Å². The zero-order valence-electron chi connectivity index (χ0n) is 29.8. The summed E-state index contributed by atoms with van der Waals surface area (Å²) in [6.07, 6.45) is -2.83. The molecule has 1 aliphatic rings. The Hall–Kier alpha value is -6.65. The van der Waals surface area contributed by atoms with Crippen LogP contribution < -0.4 is 42.6 Å². The molecule has 0 fully saturated rings. The molecule has 17 nitrogen and oxygen atoms in total. The third kappa shape index (κ3) is 9.78. The number of carbonyl (C=O) groups is 7. The molecule has 17 heteroatoms. The number of hydrogen-bond acceptors (Lipinski definition) is 17. The number of rotatable bonds is 11. The second kappa shape index (κ2) is 16.6. The molecule has 3 aromatic carbocycles. The summed E-state index contributed by atoms with van der Waals surface area (Å²) in [6, 6.07) is 7.59. The van der Waals surface area contributed by atoms with Crippen LogP contribution in [0.2, 0.25) is 0 Å². The first-order chi connectivity index (χ1) is 25.0. The molecule has 2 atom stereocenters. The molecule has 1 heterocycles. The minimum absolute atomic E-state index is 0.0264. The van der Waals surface area contributed by atoms with E-state index in [-0.39, 0.29) is 69.1 Å². The fraction of sp³-hybridized carbons (Fsp3) is 0.306. The third-order valence-electron chi connectivity index (χ3n) is 6.98. The zero-order chi connectivity index (χ0) is 39.1. The normalized spacial score (nSPS) is 14.3. The Morgan fingerprint density at radius 1 is 0.547 bits per heavy atom. The molecule has 53 heavy (non-hydrogen) atoms. The van der Waals surface area contributed by atoms with Gasteiger partial charge in [-0.05, 0) is 24.3 Å². The Labute approximate surface area is 301 Å². The van der Waals surface area contributed by atoms with Gasteiger partial charge in [0.25, 0.3) is 0 Å². The van der Waals surface area contributed by atoms with Crippen LogP contribution in [0, 0.1) is 0 Å². The van der Waals surface area contributed by atoms with Crippen LogP contribution in [-0.4, -0.2) is 62.1 Å². The second-order valence-electron chi connectivity index (χ2n) is 11.2. The van der Waals surface area contributed by atoms with Crippen molar-refractivity contribution in [2.75, 3.05) is 14.2 Å². The highest BCUT2D eigenvalue weighted by molar-refractivity contribution is 5.92. The van der Waals surface area contributed by atoms with Crippen LogP contribution in [0.25, 0.3) is 0 Å². The van der Waals surface area contributed by atoms with Gasteiger partial charge in [-0.1, -0.05) is 0 Å². The average Bonchev–Trinajstić information content (AvgIpc) is 3.04. The molecule has 1 aliphatic heterocycles. The zero-order valence-corrected chi connectivity index (χ0v) is 29.8. The van der Waals surface area contributed by atoms with Gasteiger partial charge in [-0.3, -0.25) is 28.8 Å². The number of hydrogen-bond donors (Lipinski definition) is 0. The van der Waals surface area contributed by atoms with Gasteiger partial charge in [0.2, 0.25) is 11.5 Å². The van der Waals surface area contributed by atoms with Crippen LogP contribution in [0.1, 0.15) is 69.1 Å². The standard InChI is InChI=1S/C36H34O17/c1-16(37)46-24-13-26(47-17(2)38)25-15-32(53-36(43)23-11-28(44-7)34(50-20(5)41)29(12-23)45-8)33(52-27(25)14-24)22-9-30(48-18(3)39)35(51-21(6)42)31(10-22)49-19(4)40/h9-14,32-33H,15H2,1-8H3/t32-,33-/m1/s1. The molecule has 280 valence electrons. The molecule has 0 N–H and O–H groups in total. The highest BCUT2D eigenvalue weighted by Crippen LogP contribution is 2.48. The highest BCUT2D eigenvalue weighted by atomic mass is 16.6. The molecule has 0 amide bonds. The SMILES string of the molecule is COc1cc(C(=O)O[C@@H]2Cc3c(OC(C)=O)cc(OC(C)=O)cc3O[C@@H]2c2cc(OC(C)=O)c(OC(C)=O)c(OC(C)=O)c2)cc(OC)c1OC(C)=O. The summed E-state index contributed by atoms with van der Waals surface area (Å²) in [5, 5.41) is 0. The van der Waals surface area contributed by atoms with Gasteiger partial charge in [-0.15, -0.1) is 0 Å². The fourth-order valence-corrected chi connectivity index (χ4v) is 5.19. The molecule has 0 aliphatic carbocycles. The molecule has 0 unspecified atom stereocenters. The Bertz CT molecular complexity index is 1930. The van der Waals surface area contributed by atoms with E-state index in [0.717, 1.165) is 34.6 Å². The van der Waals surface area contributed by atoms with Crippen molar-refractivity contribution >= 4 is 41.8 Å². The predicted octanol–water partition coefficient (Wildman–Crippen LogP) is 4.16. The van der Waals surface area contributed by atoms with E-state index < -0.39 is 59.7 Å². The topological polar surface area (TPSA) is 212 Å². The van der Waals surface area contributed by atoms with E-state index in [4.69, 9.17) is 47.4 Å². The van der Waals surface area contributed by atoms with E-state index in [1.54, 1.807) is 0 Å². The summed E-state index contributed by atoms with van der Waals surface area (Å²) >= 11 is 0. The number of carbonyl (C=O) groups excluding carboxylic acids is 7. The van der Waals surface area contributed by atoms with E-state index in [1.165, 1.54) is 57.5 Å². The molecule has 0 saturated heterocycles. The van der Waals surface area contributed by atoms with Crippen LogP contribution in [0.15, 0.2) is 36.4 Å². The number of esters is 7. The maximum absolute atomic E-state index is 13.9. The number of fused-ring (bicyclic) bond motifs is 1. The Balaban J connectivity index is 1.93. The fourth-order valence-electron chi connectivity index (χ4n) is 5.19. The Kier molecular flexibility index (Phi) is 12.2. The van der Waals surface area contributed by atoms with Gasteiger partial charge >= 0.3 is 41.8 Å². The van der Waals surface area contributed by atoms with Crippen molar-refractivity contribution < 1.29 is 80.9 Å². The van der Waals surface area contributed by atoms with Gasteiger partial charge in [0.1, 0.15) is 23.4 Å². The average molecular weight is 739 g/mol. The first-order valence-corrected chi connectivity index (χ1v) is 15.6. The van der Waals surface area contributed by atoms with Crippen molar-refractivity contribution in [3.63, 3.8) is 0 Å². The minimum atomic E-state index is -1.33. The van der Waals surface area contributed by atoms with E-state index >= 15 is 0 Å². The first kappa shape index (κ1) is 39.1. The highest BCUT2D eigenvalue weighted by Gasteiger charge is 2.39. The lowest BCUT2D eigenvalue weighted by Crippen LogP contribution is -2.35. The van der Waals surface area contributed by atoms with Crippen LogP contribution in [0.4, 0.5) is 0 Å². The van der Waals surface area contributed by atoms with Gasteiger partial charge in [0.15, 0.2) is 29.1 Å². The number of benzene rings is 3. The smallest absolute Gasteiger partial charge is 0.338 e. The van der Waals surface area contributed by atoms with Gasteiger partial charge < -0.3 is 47.4 Å². The Morgan fingerprint density at radius 3 is 1.45 bits per heavy atom. The molecule has 0 radical (unpaired) electrons. The van der Waals surface area contributed by atoms with Crippen LogP contribution >= 0.6 is 0 Å². The Morgan fingerprint density at radius 2 is 1.00 bits per heavy atom. The maximum Gasteiger partial charge on any atom is 0.338 e. The number of ether oxygens (including phenoxy) is 10. The van der Waals surface area contributed by atoms with Gasteiger partial charge in [-0.2, -0.15) is 0 Å². The summed E-state index contributed by atoms with van der Waals surface area (Å²) < 4.78 is 54.8. The van der Waals surface area contributed by atoms with Crippen LogP contribution in [0.3, 0.4) is 0 Å². The maximum atomic E-state index is 13.9. The van der Waals surface area contributed by atoms with Gasteiger partial charge in [0, 0.05) is 71.2 Å². The summed E-state index contributed by atoms with van der Waals surface area (Å²) in [5.74, 6) is -6.96. The molecule has 4 rings (SSSR count). The molecular weight excluding hydrogens is 704 g/mol. The molecular formula is C36H34O17. The molecule has 0 bridgehead atoms. The van der Waals surface area contributed by atoms with Crippen molar-refractivity contribution in [2.24, 2.45) is 0 Å². The molecule has 0 saturated carbocycles. The molecule has 0 spiro atoms. The van der Waals surface area contributed by atoms with Crippen LogP contribution in [0.5, 0.6) is 51.7 Å². The second-order valence-corrected chi connectivity index (χ2v) is 11.2. The monoisotopic (exact) mass is 738 g/mol. The van der Waals surface area contributed by atoms with Crippen LogP contribution in [-0.2, 0) is 39.9 Å². The summed E-state index contributed by atoms with van der Waals surface area (Å²) in [5.41, 5.74) is 0.183. The largest absolute Gasteiger partial charge is 0.493 e. The quantitative estimate of drug-likeness (QED) is 0.200. The van der Waals surface area contributed by atoms with E-state index in [1.807, 2.05) is 0 Å². The summed E-state index contributed by atoms with van der Waals surface area (Å²) in [6.45, 7) is 6.70. The number of methoxy groups -OCH3 is 2. The van der Waals surface area contributed by atoms with Crippen molar-refractivity contribution in [3.05, 3.63) is 53.1 Å².